The molecule has 0 aliphatic rings. The van der Waals surface area contributed by atoms with Gasteiger partial charge in [0.2, 0.25) is 0 Å². The molecule has 2 aromatic heterocycles. The third-order valence-electron chi connectivity index (χ3n) is 3.44. The zero-order valence-electron chi connectivity index (χ0n) is 11.9. The van der Waals surface area contributed by atoms with Crippen LogP contribution < -0.4 is 5.32 Å². The van der Waals surface area contributed by atoms with Gasteiger partial charge in [0.15, 0.2) is 0 Å². The number of nitrogens with one attached hydrogen (secondary N) is 1. The van der Waals surface area contributed by atoms with Gasteiger partial charge in [0.05, 0.1) is 22.8 Å². The fourth-order valence-electron chi connectivity index (χ4n) is 2.36. The number of anilines is 1. The Kier molecular flexibility index (Phi) is 3.59. The van der Waals surface area contributed by atoms with Gasteiger partial charge in [0.1, 0.15) is 6.07 Å². The molecule has 0 aliphatic carbocycles. The minimum Gasteiger partial charge on any atom is -0.376 e. The van der Waals surface area contributed by atoms with Crippen molar-refractivity contribution in [2.75, 3.05) is 5.32 Å². The standard InChI is InChI=1S/C17H15N3S/c1-11-7-8-16(21-11)12(2)20-17-13(9-18)10-19-15-6-4-3-5-14(15)17/h3-8,10,12H,1-2H3,(H,19,20). The van der Waals surface area contributed by atoms with E-state index < -0.39 is 0 Å². The predicted molar refractivity (Wildman–Crippen MR) is 87.6 cm³/mol. The fourth-order valence-corrected chi connectivity index (χ4v) is 3.24. The Balaban J connectivity index is 2.05. The molecule has 1 aromatic carbocycles. The summed E-state index contributed by atoms with van der Waals surface area (Å²) in [7, 11) is 0. The highest BCUT2D eigenvalue weighted by Crippen LogP contribution is 2.31. The molecule has 0 amide bonds. The summed E-state index contributed by atoms with van der Waals surface area (Å²) in [6.07, 6.45) is 1.64. The zero-order valence-corrected chi connectivity index (χ0v) is 12.7. The summed E-state index contributed by atoms with van der Waals surface area (Å²) in [6.45, 7) is 4.21. The second-order valence-electron chi connectivity index (χ2n) is 4.99. The van der Waals surface area contributed by atoms with Gasteiger partial charge in [0.25, 0.3) is 0 Å². The minimum absolute atomic E-state index is 0.154. The van der Waals surface area contributed by atoms with Crippen LogP contribution in [0.4, 0.5) is 5.69 Å². The van der Waals surface area contributed by atoms with Gasteiger partial charge in [-0.1, -0.05) is 18.2 Å². The number of aryl methyl sites for hydroxylation is 1. The number of thiophene rings is 1. The largest absolute Gasteiger partial charge is 0.376 e. The molecular formula is C17H15N3S. The van der Waals surface area contributed by atoms with E-state index in [0.717, 1.165) is 16.6 Å². The van der Waals surface area contributed by atoms with Crippen LogP contribution in [-0.2, 0) is 0 Å². The second kappa shape index (κ2) is 5.55. The molecular weight excluding hydrogens is 278 g/mol. The van der Waals surface area contributed by atoms with Crippen LogP contribution in [0.25, 0.3) is 10.9 Å². The Hall–Kier alpha value is -2.38. The second-order valence-corrected chi connectivity index (χ2v) is 6.31. The Bertz CT molecular complexity index is 829. The maximum absolute atomic E-state index is 9.34. The van der Waals surface area contributed by atoms with Gasteiger partial charge in [-0.05, 0) is 32.0 Å². The lowest BCUT2D eigenvalue weighted by Crippen LogP contribution is -2.07. The SMILES string of the molecule is Cc1ccc(C(C)Nc2c(C#N)cnc3ccccc23)s1. The van der Waals surface area contributed by atoms with Crippen molar-refractivity contribution in [1.29, 1.82) is 5.26 Å². The summed E-state index contributed by atoms with van der Waals surface area (Å²) in [4.78, 5) is 6.89. The van der Waals surface area contributed by atoms with Crippen molar-refractivity contribution in [1.82, 2.24) is 4.98 Å². The van der Waals surface area contributed by atoms with E-state index in [1.54, 1.807) is 17.5 Å². The van der Waals surface area contributed by atoms with Gasteiger partial charge < -0.3 is 5.32 Å². The van der Waals surface area contributed by atoms with Crippen LogP contribution >= 0.6 is 11.3 Å². The van der Waals surface area contributed by atoms with Crippen LogP contribution in [-0.4, -0.2) is 4.98 Å². The van der Waals surface area contributed by atoms with Crippen LogP contribution in [0.15, 0.2) is 42.6 Å². The van der Waals surface area contributed by atoms with Crippen LogP contribution in [0.3, 0.4) is 0 Å². The summed E-state index contributed by atoms with van der Waals surface area (Å²) < 4.78 is 0. The first kappa shape index (κ1) is 13.6. The summed E-state index contributed by atoms with van der Waals surface area (Å²) in [5, 5.41) is 13.8. The smallest absolute Gasteiger partial charge is 0.103 e. The Morgan fingerprint density at radius 2 is 2.05 bits per heavy atom. The molecule has 1 atom stereocenters. The van der Waals surface area contributed by atoms with Crippen LogP contribution in [0.2, 0.25) is 0 Å². The molecule has 3 nitrogen and oxygen atoms in total. The van der Waals surface area contributed by atoms with Gasteiger partial charge >= 0.3 is 0 Å². The first-order valence-corrected chi connectivity index (χ1v) is 7.61. The van der Waals surface area contributed by atoms with Crippen molar-refractivity contribution in [2.45, 2.75) is 19.9 Å². The van der Waals surface area contributed by atoms with E-state index in [1.807, 2.05) is 24.3 Å². The molecule has 3 rings (SSSR count). The number of nitriles is 1. The van der Waals surface area contributed by atoms with Gasteiger partial charge in [0, 0.05) is 21.3 Å². The lowest BCUT2D eigenvalue weighted by molar-refractivity contribution is 0.909. The van der Waals surface area contributed by atoms with E-state index in [-0.39, 0.29) is 6.04 Å². The molecule has 0 bridgehead atoms. The van der Waals surface area contributed by atoms with Crippen molar-refractivity contribution in [3.8, 4) is 6.07 Å². The van der Waals surface area contributed by atoms with Gasteiger partial charge in [-0.25, -0.2) is 0 Å². The normalized spacial score (nSPS) is 12.0. The van der Waals surface area contributed by atoms with Gasteiger partial charge in [-0.15, -0.1) is 11.3 Å². The molecule has 4 heteroatoms. The molecule has 0 radical (unpaired) electrons. The number of rotatable bonds is 3. The van der Waals surface area contributed by atoms with Crippen LogP contribution in [0.5, 0.6) is 0 Å². The number of nitrogens with zero attached hydrogens (tertiary/aromatic N) is 2. The third kappa shape index (κ3) is 2.61. The average Bonchev–Trinajstić information content (AvgIpc) is 2.94. The van der Waals surface area contributed by atoms with Crippen LogP contribution in [0, 0.1) is 18.3 Å². The molecule has 0 saturated heterocycles. The highest BCUT2D eigenvalue weighted by atomic mass is 32.1. The number of fused-ring (bicyclic) bond motifs is 1. The maximum Gasteiger partial charge on any atom is 0.103 e. The van der Waals surface area contributed by atoms with E-state index in [1.165, 1.54) is 9.75 Å². The van der Waals surface area contributed by atoms with Crippen molar-refractivity contribution < 1.29 is 0 Å². The molecule has 0 spiro atoms. The predicted octanol–water partition coefficient (Wildman–Crippen LogP) is 4.65. The number of hydrogen-bond acceptors (Lipinski definition) is 4. The molecule has 104 valence electrons. The third-order valence-corrected chi connectivity index (χ3v) is 4.63. The lowest BCUT2D eigenvalue weighted by Gasteiger charge is -2.16. The molecule has 3 aromatic rings. The first-order valence-electron chi connectivity index (χ1n) is 6.80. The number of aromatic nitrogens is 1. The maximum atomic E-state index is 9.34. The summed E-state index contributed by atoms with van der Waals surface area (Å²) >= 11 is 1.77. The van der Waals surface area contributed by atoms with Gasteiger partial charge in [-0.3, -0.25) is 4.98 Å². The van der Waals surface area contributed by atoms with Crippen LogP contribution in [0.1, 0.15) is 28.3 Å². The number of pyridine rings is 1. The quantitative estimate of drug-likeness (QED) is 0.764. The van der Waals surface area contributed by atoms with Gasteiger partial charge in [-0.2, -0.15) is 5.26 Å². The fraction of sp³-hybridized carbons (Fsp3) is 0.176. The van der Waals surface area contributed by atoms with Crippen molar-refractivity contribution in [3.05, 3.63) is 57.9 Å². The highest BCUT2D eigenvalue weighted by molar-refractivity contribution is 7.12. The number of hydrogen-bond donors (Lipinski definition) is 1. The Morgan fingerprint density at radius 1 is 1.24 bits per heavy atom. The van der Waals surface area contributed by atoms with E-state index in [9.17, 15) is 5.26 Å². The average molecular weight is 293 g/mol. The molecule has 0 saturated carbocycles. The molecule has 0 aliphatic heterocycles. The molecule has 0 fully saturated rings. The summed E-state index contributed by atoms with van der Waals surface area (Å²) in [5.41, 5.74) is 2.34. The first-order chi connectivity index (χ1) is 10.2. The Labute approximate surface area is 127 Å². The van der Waals surface area contributed by atoms with Crippen molar-refractivity contribution >= 4 is 27.9 Å². The van der Waals surface area contributed by atoms with E-state index in [0.29, 0.717) is 5.56 Å². The molecule has 2 heterocycles. The van der Waals surface area contributed by atoms with E-state index >= 15 is 0 Å². The van der Waals surface area contributed by atoms with E-state index in [2.05, 4.69) is 42.4 Å². The molecule has 1 unspecified atom stereocenters. The number of para-hydroxylation sites is 1. The zero-order chi connectivity index (χ0) is 14.8. The summed E-state index contributed by atoms with van der Waals surface area (Å²) in [6, 6.07) is 14.5. The highest BCUT2D eigenvalue weighted by Gasteiger charge is 2.13. The molecule has 21 heavy (non-hydrogen) atoms. The topological polar surface area (TPSA) is 48.7 Å². The lowest BCUT2D eigenvalue weighted by atomic mass is 10.1. The van der Waals surface area contributed by atoms with Crippen molar-refractivity contribution in [2.24, 2.45) is 0 Å². The monoisotopic (exact) mass is 293 g/mol. The summed E-state index contributed by atoms with van der Waals surface area (Å²) in [5.74, 6) is 0. The van der Waals surface area contributed by atoms with Crippen molar-refractivity contribution in [3.63, 3.8) is 0 Å². The van der Waals surface area contributed by atoms with E-state index in [4.69, 9.17) is 0 Å². The minimum atomic E-state index is 0.154. The Morgan fingerprint density at radius 3 is 2.76 bits per heavy atom. The molecule has 1 N–H and O–H groups in total. The number of benzene rings is 1.